The normalized spacial score (nSPS) is 35.6. The standard InChI is InChI=1S/C15H27NO3/c1-2-3-4-11-5-7-12(8-6-11)15(19)16-9-13(17)14(18)10-16/h11-14,17-18H,2-10H2,1H3. The van der Waals surface area contributed by atoms with Gasteiger partial charge in [0.05, 0.1) is 12.2 Å². The van der Waals surface area contributed by atoms with E-state index in [1.165, 1.54) is 19.3 Å². The molecule has 2 fully saturated rings. The highest BCUT2D eigenvalue weighted by molar-refractivity contribution is 5.79. The van der Waals surface area contributed by atoms with Gasteiger partial charge in [-0.2, -0.15) is 0 Å². The number of carbonyl (C=O) groups excluding carboxylic acids is 1. The number of aliphatic hydroxyl groups is 2. The van der Waals surface area contributed by atoms with Crippen LogP contribution in [0.1, 0.15) is 51.9 Å². The van der Waals surface area contributed by atoms with Gasteiger partial charge < -0.3 is 15.1 Å². The Labute approximate surface area is 115 Å². The van der Waals surface area contributed by atoms with Gasteiger partial charge in [-0.25, -0.2) is 0 Å². The molecule has 1 aliphatic carbocycles. The molecule has 2 unspecified atom stereocenters. The molecule has 1 heterocycles. The van der Waals surface area contributed by atoms with Crippen LogP contribution in [0.5, 0.6) is 0 Å². The van der Waals surface area contributed by atoms with Crippen LogP contribution in [0.2, 0.25) is 0 Å². The fraction of sp³-hybridized carbons (Fsp3) is 0.933. The molecule has 4 nitrogen and oxygen atoms in total. The van der Waals surface area contributed by atoms with Gasteiger partial charge in [-0.3, -0.25) is 4.79 Å². The van der Waals surface area contributed by atoms with Gasteiger partial charge in [-0.1, -0.05) is 26.2 Å². The zero-order valence-corrected chi connectivity index (χ0v) is 11.9. The molecule has 19 heavy (non-hydrogen) atoms. The minimum absolute atomic E-state index is 0.121. The Morgan fingerprint density at radius 1 is 1.11 bits per heavy atom. The SMILES string of the molecule is CCCCC1CCC(C(=O)N2CC(O)C(O)C2)CC1. The molecule has 0 bridgehead atoms. The molecule has 2 rings (SSSR count). The first-order valence-corrected chi connectivity index (χ1v) is 7.76. The molecule has 1 saturated heterocycles. The van der Waals surface area contributed by atoms with Crippen molar-refractivity contribution in [3.05, 3.63) is 0 Å². The van der Waals surface area contributed by atoms with E-state index in [-0.39, 0.29) is 11.8 Å². The largest absolute Gasteiger partial charge is 0.388 e. The van der Waals surface area contributed by atoms with E-state index in [0.717, 1.165) is 31.6 Å². The van der Waals surface area contributed by atoms with E-state index in [1.807, 2.05) is 0 Å². The van der Waals surface area contributed by atoms with Crippen LogP contribution in [-0.4, -0.2) is 46.3 Å². The van der Waals surface area contributed by atoms with Crippen LogP contribution < -0.4 is 0 Å². The predicted molar refractivity (Wildman–Crippen MR) is 73.6 cm³/mol. The van der Waals surface area contributed by atoms with Crippen molar-refractivity contribution in [2.45, 2.75) is 64.1 Å². The summed E-state index contributed by atoms with van der Waals surface area (Å²) in [5.74, 6) is 1.07. The van der Waals surface area contributed by atoms with E-state index < -0.39 is 12.2 Å². The fourth-order valence-electron chi connectivity index (χ4n) is 3.40. The average Bonchev–Trinajstić information content (AvgIpc) is 2.76. The first kappa shape index (κ1) is 14.8. The van der Waals surface area contributed by atoms with E-state index in [1.54, 1.807) is 4.90 Å². The topological polar surface area (TPSA) is 60.8 Å². The van der Waals surface area contributed by atoms with E-state index in [2.05, 4.69) is 6.92 Å². The van der Waals surface area contributed by atoms with Crippen molar-refractivity contribution < 1.29 is 15.0 Å². The second-order valence-corrected chi connectivity index (χ2v) is 6.24. The summed E-state index contributed by atoms with van der Waals surface area (Å²) in [6.07, 6.45) is 6.63. The smallest absolute Gasteiger partial charge is 0.225 e. The lowest BCUT2D eigenvalue weighted by molar-refractivity contribution is -0.136. The number of nitrogens with zero attached hydrogens (tertiary/aromatic N) is 1. The van der Waals surface area contributed by atoms with Gasteiger partial charge in [0, 0.05) is 19.0 Å². The summed E-state index contributed by atoms with van der Waals surface area (Å²) >= 11 is 0. The minimum Gasteiger partial charge on any atom is -0.388 e. The van der Waals surface area contributed by atoms with Gasteiger partial charge in [-0.05, 0) is 31.6 Å². The van der Waals surface area contributed by atoms with Gasteiger partial charge in [0.15, 0.2) is 0 Å². The number of hydrogen-bond donors (Lipinski definition) is 2. The average molecular weight is 269 g/mol. The second kappa shape index (κ2) is 6.71. The quantitative estimate of drug-likeness (QED) is 0.814. The van der Waals surface area contributed by atoms with Gasteiger partial charge in [0.25, 0.3) is 0 Å². The summed E-state index contributed by atoms with van der Waals surface area (Å²) in [7, 11) is 0. The Hall–Kier alpha value is -0.610. The Morgan fingerprint density at radius 3 is 2.21 bits per heavy atom. The number of aliphatic hydroxyl groups excluding tert-OH is 2. The second-order valence-electron chi connectivity index (χ2n) is 6.24. The van der Waals surface area contributed by atoms with Crippen molar-refractivity contribution in [3.63, 3.8) is 0 Å². The minimum atomic E-state index is -0.759. The highest BCUT2D eigenvalue weighted by Crippen LogP contribution is 2.33. The van der Waals surface area contributed by atoms with Crippen molar-refractivity contribution in [3.8, 4) is 0 Å². The maximum Gasteiger partial charge on any atom is 0.225 e. The van der Waals surface area contributed by atoms with Gasteiger partial charge >= 0.3 is 0 Å². The first-order valence-electron chi connectivity index (χ1n) is 7.76. The summed E-state index contributed by atoms with van der Waals surface area (Å²) in [4.78, 5) is 14.0. The van der Waals surface area contributed by atoms with Crippen LogP contribution in [0.3, 0.4) is 0 Å². The van der Waals surface area contributed by atoms with Crippen LogP contribution in [-0.2, 0) is 4.79 Å². The third-order valence-electron chi connectivity index (χ3n) is 4.73. The number of β-amino-alcohol motifs (C(OH)–C–C–N with tert-alkyl or cyclic N) is 2. The molecule has 1 amide bonds. The van der Waals surface area contributed by atoms with E-state index in [4.69, 9.17) is 0 Å². The molecular weight excluding hydrogens is 242 g/mol. The summed E-state index contributed by atoms with van der Waals surface area (Å²) in [5.41, 5.74) is 0. The Kier molecular flexibility index (Phi) is 5.22. The third kappa shape index (κ3) is 3.69. The monoisotopic (exact) mass is 269 g/mol. The molecular formula is C15H27NO3. The van der Waals surface area contributed by atoms with Gasteiger partial charge in [0.1, 0.15) is 0 Å². The van der Waals surface area contributed by atoms with E-state index in [9.17, 15) is 15.0 Å². The molecule has 2 aliphatic rings. The number of unbranched alkanes of at least 4 members (excludes halogenated alkanes) is 1. The lowest BCUT2D eigenvalue weighted by Crippen LogP contribution is -2.37. The van der Waals surface area contributed by atoms with Crippen LogP contribution in [0.25, 0.3) is 0 Å². The highest BCUT2D eigenvalue weighted by atomic mass is 16.3. The number of rotatable bonds is 4. The molecule has 1 aliphatic heterocycles. The molecule has 110 valence electrons. The molecule has 4 heteroatoms. The van der Waals surface area contributed by atoms with Crippen molar-refractivity contribution in [2.24, 2.45) is 11.8 Å². The highest BCUT2D eigenvalue weighted by Gasteiger charge is 2.36. The molecule has 0 spiro atoms. The Balaban J connectivity index is 1.76. The maximum atomic E-state index is 12.3. The fourth-order valence-corrected chi connectivity index (χ4v) is 3.40. The van der Waals surface area contributed by atoms with E-state index >= 15 is 0 Å². The molecule has 0 radical (unpaired) electrons. The van der Waals surface area contributed by atoms with Gasteiger partial charge in [-0.15, -0.1) is 0 Å². The first-order chi connectivity index (χ1) is 9.11. The summed E-state index contributed by atoms with van der Waals surface area (Å²) in [6, 6.07) is 0. The number of carbonyl (C=O) groups is 1. The number of likely N-dealkylation sites (tertiary alicyclic amines) is 1. The van der Waals surface area contributed by atoms with Crippen molar-refractivity contribution in [1.29, 1.82) is 0 Å². The molecule has 0 aromatic heterocycles. The molecule has 2 atom stereocenters. The van der Waals surface area contributed by atoms with E-state index in [0.29, 0.717) is 13.1 Å². The molecule has 1 saturated carbocycles. The third-order valence-corrected chi connectivity index (χ3v) is 4.73. The van der Waals surface area contributed by atoms with Crippen molar-refractivity contribution >= 4 is 5.91 Å². The van der Waals surface area contributed by atoms with Crippen molar-refractivity contribution in [2.75, 3.05) is 13.1 Å². The molecule has 0 aromatic rings. The zero-order chi connectivity index (χ0) is 13.8. The lowest BCUT2D eigenvalue weighted by Gasteiger charge is -2.30. The molecule has 0 aromatic carbocycles. The Morgan fingerprint density at radius 2 is 1.68 bits per heavy atom. The maximum absolute atomic E-state index is 12.3. The van der Waals surface area contributed by atoms with Crippen molar-refractivity contribution in [1.82, 2.24) is 4.90 Å². The summed E-state index contributed by atoms with van der Waals surface area (Å²) in [5, 5.41) is 19.0. The number of amides is 1. The summed E-state index contributed by atoms with van der Waals surface area (Å²) in [6.45, 7) is 2.82. The number of hydrogen-bond acceptors (Lipinski definition) is 3. The van der Waals surface area contributed by atoms with Crippen LogP contribution in [0.4, 0.5) is 0 Å². The van der Waals surface area contributed by atoms with Gasteiger partial charge in [0.2, 0.25) is 5.91 Å². The van der Waals surface area contributed by atoms with Crippen LogP contribution in [0, 0.1) is 11.8 Å². The summed E-state index contributed by atoms with van der Waals surface area (Å²) < 4.78 is 0. The zero-order valence-electron chi connectivity index (χ0n) is 11.9. The predicted octanol–water partition coefficient (Wildman–Crippen LogP) is 1.55. The molecule has 2 N–H and O–H groups in total. The van der Waals surface area contributed by atoms with Crippen LogP contribution >= 0.6 is 0 Å². The Bertz CT molecular complexity index is 290. The van der Waals surface area contributed by atoms with Crippen LogP contribution in [0.15, 0.2) is 0 Å². The lowest BCUT2D eigenvalue weighted by atomic mass is 9.79.